The molecular formula is C15H16N2O2S. The highest BCUT2D eigenvalue weighted by atomic mass is 32.1. The molecule has 0 aromatic carbocycles. The van der Waals surface area contributed by atoms with Gasteiger partial charge in [-0.05, 0) is 29.5 Å². The topological polar surface area (TPSA) is 51.2 Å². The lowest BCUT2D eigenvalue weighted by molar-refractivity contribution is -0.125. The van der Waals surface area contributed by atoms with Crippen molar-refractivity contribution in [1.82, 2.24) is 10.3 Å². The number of thiophene rings is 1. The molecule has 3 rings (SSSR count). The lowest BCUT2D eigenvalue weighted by atomic mass is 10.1. The summed E-state index contributed by atoms with van der Waals surface area (Å²) in [5, 5.41) is 7.09. The van der Waals surface area contributed by atoms with Crippen molar-refractivity contribution in [3.05, 3.63) is 40.7 Å². The monoisotopic (exact) mass is 288 g/mol. The molecule has 3 heterocycles. The van der Waals surface area contributed by atoms with Gasteiger partial charge in [-0.2, -0.15) is 11.3 Å². The van der Waals surface area contributed by atoms with Gasteiger partial charge in [0.1, 0.15) is 0 Å². The minimum absolute atomic E-state index is 0.00345. The highest BCUT2D eigenvalue weighted by Gasteiger charge is 2.23. The molecule has 1 amide bonds. The Kier molecular flexibility index (Phi) is 4.08. The van der Waals surface area contributed by atoms with Crippen LogP contribution in [0.1, 0.15) is 12.0 Å². The maximum absolute atomic E-state index is 12.0. The first-order valence-electron chi connectivity index (χ1n) is 6.66. The summed E-state index contributed by atoms with van der Waals surface area (Å²) in [4.78, 5) is 16.4. The molecule has 1 saturated heterocycles. The van der Waals surface area contributed by atoms with E-state index in [-0.39, 0.29) is 11.8 Å². The number of aromatic nitrogens is 1. The molecule has 0 radical (unpaired) electrons. The van der Waals surface area contributed by atoms with Crippen LogP contribution in [0.5, 0.6) is 0 Å². The van der Waals surface area contributed by atoms with Crippen LogP contribution < -0.4 is 5.32 Å². The number of carbonyl (C=O) groups excluding carboxylic acids is 1. The predicted octanol–water partition coefficient (Wildman–Crippen LogP) is 2.46. The second-order valence-corrected chi connectivity index (χ2v) is 5.58. The molecule has 1 atom stereocenters. The molecule has 1 N–H and O–H groups in total. The van der Waals surface area contributed by atoms with Crippen LogP contribution in [0.15, 0.2) is 35.2 Å². The van der Waals surface area contributed by atoms with E-state index >= 15 is 0 Å². The van der Waals surface area contributed by atoms with E-state index in [1.165, 1.54) is 0 Å². The molecule has 0 saturated carbocycles. The number of nitrogens with one attached hydrogen (secondary N) is 1. The smallest absolute Gasteiger partial charge is 0.225 e. The van der Waals surface area contributed by atoms with Crippen LogP contribution in [0.25, 0.3) is 11.3 Å². The van der Waals surface area contributed by atoms with E-state index in [1.807, 2.05) is 23.6 Å². The summed E-state index contributed by atoms with van der Waals surface area (Å²) in [7, 11) is 0. The number of amides is 1. The first-order chi connectivity index (χ1) is 9.84. The van der Waals surface area contributed by atoms with E-state index in [2.05, 4.69) is 15.7 Å². The standard InChI is InChI=1S/C15H16N2O2S/c18-15(12-3-6-19-9-12)17-8-11-2-1-5-16-14(11)13-4-7-20-10-13/h1-2,4-5,7,10,12H,3,6,8-9H2,(H,17,18)/t12-/m1/s1. The van der Waals surface area contributed by atoms with Crippen molar-refractivity contribution in [2.45, 2.75) is 13.0 Å². The molecule has 20 heavy (non-hydrogen) atoms. The van der Waals surface area contributed by atoms with E-state index in [4.69, 9.17) is 4.74 Å². The number of hydrogen-bond acceptors (Lipinski definition) is 4. The van der Waals surface area contributed by atoms with Crippen LogP contribution >= 0.6 is 11.3 Å². The second kappa shape index (κ2) is 6.15. The molecule has 1 fully saturated rings. The lowest BCUT2D eigenvalue weighted by Crippen LogP contribution is -2.30. The molecule has 2 aromatic rings. The molecule has 1 aliphatic heterocycles. The van der Waals surface area contributed by atoms with Gasteiger partial charge < -0.3 is 10.1 Å². The molecule has 104 valence electrons. The molecule has 0 spiro atoms. The third kappa shape index (κ3) is 2.89. The Morgan fingerprint density at radius 2 is 2.45 bits per heavy atom. The number of rotatable bonds is 4. The zero-order valence-electron chi connectivity index (χ0n) is 11.0. The van der Waals surface area contributed by atoms with E-state index in [9.17, 15) is 4.79 Å². The van der Waals surface area contributed by atoms with Crippen LogP contribution in [-0.2, 0) is 16.1 Å². The Morgan fingerprint density at radius 3 is 3.20 bits per heavy atom. The Bertz CT molecular complexity index is 577. The molecule has 5 heteroatoms. The van der Waals surface area contributed by atoms with E-state index in [0.717, 1.165) is 23.2 Å². The summed E-state index contributed by atoms with van der Waals surface area (Å²) in [6.45, 7) is 1.73. The Hall–Kier alpha value is -1.72. The number of hydrogen-bond donors (Lipinski definition) is 1. The van der Waals surface area contributed by atoms with Gasteiger partial charge in [-0.3, -0.25) is 9.78 Å². The van der Waals surface area contributed by atoms with E-state index in [0.29, 0.717) is 19.8 Å². The summed E-state index contributed by atoms with van der Waals surface area (Å²) in [6, 6.07) is 5.95. The molecular weight excluding hydrogens is 272 g/mol. The van der Waals surface area contributed by atoms with Crippen molar-refractivity contribution in [2.24, 2.45) is 5.92 Å². The van der Waals surface area contributed by atoms with Crippen molar-refractivity contribution in [1.29, 1.82) is 0 Å². The van der Waals surface area contributed by atoms with Crippen molar-refractivity contribution >= 4 is 17.2 Å². The van der Waals surface area contributed by atoms with Crippen molar-refractivity contribution in [2.75, 3.05) is 13.2 Å². The van der Waals surface area contributed by atoms with Crippen molar-refractivity contribution < 1.29 is 9.53 Å². The van der Waals surface area contributed by atoms with Gasteiger partial charge in [-0.1, -0.05) is 6.07 Å². The highest BCUT2D eigenvalue weighted by Crippen LogP contribution is 2.23. The zero-order chi connectivity index (χ0) is 13.8. The van der Waals surface area contributed by atoms with Gasteiger partial charge in [0.25, 0.3) is 0 Å². The fraction of sp³-hybridized carbons (Fsp3) is 0.333. The van der Waals surface area contributed by atoms with Crippen LogP contribution in [0.3, 0.4) is 0 Å². The quantitative estimate of drug-likeness (QED) is 0.940. The molecule has 0 unspecified atom stereocenters. The minimum atomic E-state index is -0.00345. The fourth-order valence-corrected chi connectivity index (χ4v) is 2.95. The third-order valence-corrected chi connectivity index (χ3v) is 4.12. The number of pyridine rings is 1. The SMILES string of the molecule is O=C(NCc1cccnc1-c1ccsc1)[C@@H]1CCOC1. The number of nitrogens with zero attached hydrogens (tertiary/aromatic N) is 1. The van der Waals surface area contributed by atoms with E-state index < -0.39 is 0 Å². The first kappa shape index (κ1) is 13.3. The van der Waals surface area contributed by atoms with Gasteiger partial charge in [-0.25, -0.2) is 0 Å². The average Bonchev–Trinajstić information content (AvgIpc) is 3.17. The normalized spacial score (nSPS) is 18.1. The third-order valence-electron chi connectivity index (χ3n) is 3.44. The number of ether oxygens (including phenoxy) is 1. The maximum Gasteiger partial charge on any atom is 0.225 e. The van der Waals surface area contributed by atoms with Gasteiger partial charge >= 0.3 is 0 Å². The van der Waals surface area contributed by atoms with Crippen LogP contribution in [0.4, 0.5) is 0 Å². The Balaban J connectivity index is 1.70. The largest absolute Gasteiger partial charge is 0.381 e. The van der Waals surface area contributed by atoms with Gasteiger partial charge in [0, 0.05) is 30.3 Å². The van der Waals surface area contributed by atoms with Gasteiger partial charge in [0.15, 0.2) is 0 Å². The van der Waals surface area contributed by atoms with Gasteiger partial charge in [0.05, 0.1) is 18.2 Å². The van der Waals surface area contributed by atoms with Crippen molar-refractivity contribution in [3.8, 4) is 11.3 Å². The maximum atomic E-state index is 12.0. The Labute approximate surface area is 121 Å². The van der Waals surface area contributed by atoms with E-state index in [1.54, 1.807) is 17.5 Å². The molecule has 0 aliphatic carbocycles. The first-order valence-corrected chi connectivity index (χ1v) is 7.61. The Morgan fingerprint density at radius 1 is 1.50 bits per heavy atom. The molecule has 4 nitrogen and oxygen atoms in total. The molecule has 1 aliphatic rings. The summed E-state index contributed by atoms with van der Waals surface area (Å²) in [5.41, 5.74) is 3.08. The predicted molar refractivity (Wildman–Crippen MR) is 78.3 cm³/mol. The second-order valence-electron chi connectivity index (χ2n) is 4.80. The molecule has 2 aromatic heterocycles. The van der Waals surface area contributed by atoms with Crippen LogP contribution in [-0.4, -0.2) is 24.1 Å². The summed E-state index contributed by atoms with van der Waals surface area (Å²) >= 11 is 1.64. The zero-order valence-corrected chi connectivity index (χ0v) is 11.9. The summed E-state index contributed by atoms with van der Waals surface area (Å²) in [5.74, 6) is 0.0684. The highest BCUT2D eigenvalue weighted by molar-refractivity contribution is 7.08. The lowest BCUT2D eigenvalue weighted by Gasteiger charge is -2.11. The summed E-state index contributed by atoms with van der Waals surface area (Å²) in [6.07, 6.45) is 2.60. The van der Waals surface area contributed by atoms with Crippen LogP contribution in [0, 0.1) is 5.92 Å². The minimum Gasteiger partial charge on any atom is -0.381 e. The fourth-order valence-electron chi connectivity index (χ4n) is 2.31. The average molecular weight is 288 g/mol. The van der Waals surface area contributed by atoms with Crippen molar-refractivity contribution in [3.63, 3.8) is 0 Å². The van der Waals surface area contributed by atoms with Gasteiger partial charge in [-0.15, -0.1) is 0 Å². The summed E-state index contributed by atoms with van der Waals surface area (Å²) < 4.78 is 5.24. The van der Waals surface area contributed by atoms with Crippen LogP contribution in [0.2, 0.25) is 0 Å². The van der Waals surface area contributed by atoms with Gasteiger partial charge in [0.2, 0.25) is 5.91 Å². The molecule has 0 bridgehead atoms. The number of carbonyl (C=O) groups is 1.